The average molecular weight is 278 g/mol. The lowest BCUT2D eigenvalue weighted by atomic mass is 10.2. The van der Waals surface area contributed by atoms with E-state index in [-0.39, 0.29) is 18.0 Å². The van der Waals surface area contributed by atoms with Gasteiger partial charge in [-0.2, -0.15) is 0 Å². The molecule has 0 spiro atoms. The minimum atomic E-state index is -0.277. The zero-order valence-corrected chi connectivity index (χ0v) is 12.1. The van der Waals surface area contributed by atoms with Gasteiger partial charge in [-0.25, -0.2) is 4.79 Å². The van der Waals surface area contributed by atoms with Crippen molar-refractivity contribution in [1.82, 2.24) is 10.6 Å². The highest BCUT2D eigenvalue weighted by Crippen LogP contribution is 2.13. The lowest BCUT2D eigenvalue weighted by Crippen LogP contribution is -2.30. The van der Waals surface area contributed by atoms with Crippen LogP contribution in [0.5, 0.6) is 0 Å². The van der Waals surface area contributed by atoms with E-state index in [2.05, 4.69) is 21.3 Å². The largest absolute Gasteiger partial charge is 0.341 e. The Morgan fingerprint density at radius 1 is 1.10 bits per heavy atom. The summed E-state index contributed by atoms with van der Waals surface area (Å²) in [6, 6.07) is 6.84. The van der Waals surface area contributed by atoms with Crippen LogP contribution in [0.4, 0.5) is 16.2 Å². The van der Waals surface area contributed by atoms with Crippen LogP contribution in [-0.2, 0) is 4.79 Å². The van der Waals surface area contributed by atoms with Crippen LogP contribution in [0.3, 0.4) is 0 Å². The molecule has 0 aliphatic carbocycles. The first-order chi connectivity index (χ1) is 9.55. The van der Waals surface area contributed by atoms with Crippen LogP contribution in [0.15, 0.2) is 24.3 Å². The van der Waals surface area contributed by atoms with Crippen molar-refractivity contribution in [1.29, 1.82) is 0 Å². The fourth-order valence-electron chi connectivity index (χ4n) is 1.74. The third-order valence-corrected chi connectivity index (χ3v) is 2.70. The number of nitrogens with one attached hydrogen (secondary N) is 4. The molecule has 0 bridgehead atoms. The first-order valence-electron chi connectivity index (χ1n) is 6.67. The van der Waals surface area contributed by atoms with Crippen LogP contribution in [0, 0.1) is 0 Å². The number of carbonyl (C=O) groups excluding carboxylic acids is 2. The highest BCUT2D eigenvalue weighted by molar-refractivity contribution is 5.92. The summed E-state index contributed by atoms with van der Waals surface area (Å²) in [6.45, 7) is 4.82. The Morgan fingerprint density at radius 2 is 1.65 bits per heavy atom. The van der Waals surface area contributed by atoms with Crippen LogP contribution >= 0.6 is 0 Å². The first-order valence-corrected chi connectivity index (χ1v) is 6.67. The van der Waals surface area contributed by atoms with Gasteiger partial charge in [-0.3, -0.25) is 4.79 Å². The summed E-state index contributed by atoms with van der Waals surface area (Å²) in [7, 11) is 1.55. The lowest BCUT2D eigenvalue weighted by molar-refractivity contribution is -0.116. The van der Waals surface area contributed by atoms with Crippen LogP contribution in [-0.4, -0.2) is 31.6 Å². The number of carbonyl (C=O) groups is 2. The van der Waals surface area contributed by atoms with Crippen LogP contribution < -0.4 is 21.3 Å². The van der Waals surface area contributed by atoms with Gasteiger partial charge in [-0.15, -0.1) is 0 Å². The van der Waals surface area contributed by atoms with E-state index >= 15 is 0 Å². The second-order valence-electron chi connectivity index (χ2n) is 4.49. The molecular weight excluding hydrogens is 256 g/mol. The van der Waals surface area contributed by atoms with Crippen molar-refractivity contribution < 1.29 is 9.59 Å². The second kappa shape index (κ2) is 8.16. The molecule has 4 N–H and O–H groups in total. The van der Waals surface area contributed by atoms with Gasteiger partial charge in [0.1, 0.15) is 0 Å². The second-order valence-corrected chi connectivity index (χ2v) is 4.49. The van der Waals surface area contributed by atoms with E-state index in [0.717, 1.165) is 6.54 Å². The Hall–Kier alpha value is -2.08. The molecule has 0 fully saturated rings. The number of hydrogen-bond acceptors (Lipinski definition) is 3. The van der Waals surface area contributed by atoms with Crippen molar-refractivity contribution in [3.05, 3.63) is 24.3 Å². The minimum Gasteiger partial charge on any atom is -0.341 e. The monoisotopic (exact) mass is 278 g/mol. The van der Waals surface area contributed by atoms with E-state index in [1.807, 2.05) is 13.8 Å². The number of hydrogen-bond donors (Lipinski definition) is 4. The van der Waals surface area contributed by atoms with Gasteiger partial charge < -0.3 is 21.3 Å². The van der Waals surface area contributed by atoms with Gasteiger partial charge in [0.2, 0.25) is 5.91 Å². The molecule has 6 heteroatoms. The number of amides is 3. The third kappa shape index (κ3) is 5.71. The molecule has 1 aromatic rings. The normalized spacial score (nSPS) is 11.6. The molecule has 3 amide bonds. The lowest BCUT2D eigenvalue weighted by Gasteiger charge is -2.12. The van der Waals surface area contributed by atoms with Crippen LogP contribution in [0.25, 0.3) is 0 Å². The Balaban J connectivity index is 2.48. The molecule has 0 aliphatic heterocycles. The molecule has 0 saturated heterocycles. The van der Waals surface area contributed by atoms with Gasteiger partial charge in [-0.05, 0) is 37.7 Å². The number of rotatable bonds is 6. The molecule has 110 valence electrons. The maximum Gasteiger partial charge on any atom is 0.318 e. The standard InChI is InChI=1S/C14H22N4O2/c1-4-16-10(2)9-13(19)17-11-5-7-12(8-6-11)18-14(20)15-3/h5-8,10,16H,4,9H2,1-3H3,(H,17,19)(H2,15,18,20). The Morgan fingerprint density at radius 3 is 2.15 bits per heavy atom. The SMILES string of the molecule is CCNC(C)CC(=O)Nc1ccc(NC(=O)NC)cc1. The molecule has 0 heterocycles. The fourth-order valence-corrected chi connectivity index (χ4v) is 1.74. The summed E-state index contributed by atoms with van der Waals surface area (Å²) in [6.07, 6.45) is 0.423. The molecule has 1 rings (SSSR count). The third-order valence-electron chi connectivity index (χ3n) is 2.70. The zero-order valence-electron chi connectivity index (χ0n) is 12.1. The predicted octanol–water partition coefficient (Wildman–Crippen LogP) is 1.76. The van der Waals surface area contributed by atoms with E-state index in [1.54, 1.807) is 31.3 Å². The maximum atomic E-state index is 11.8. The van der Waals surface area contributed by atoms with Crippen LogP contribution in [0.2, 0.25) is 0 Å². The molecule has 0 radical (unpaired) electrons. The summed E-state index contributed by atoms with van der Waals surface area (Å²) in [4.78, 5) is 22.9. The molecule has 6 nitrogen and oxygen atoms in total. The predicted molar refractivity (Wildman–Crippen MR) is 80.9 cm³/mol. The molecule has 0 saturated carbocycles. The number of benzene rings is 1. The maximum absolute atomic E-state index is 11.8. The first kappa shape index (κ1) is 16.0. The summed E-state index contributed by atoms with van der Waals surface area (Å²) in [5.41, 5.74) is 1.38. The highest BCUT2D eigenvalue weighted by Gasteiger charge is 2.08. The topological polar surface area (TPSA) is 82.3 Å². The quantitative estimate of drug-likeness (QED) is 0.640. The van der Waals surface area contributed by atoms with Gasteiger partial charge in [-0.1, -0.05) is 6.92 Å². The highest BCUT2D eigenvalue weighted by atomic mass is 16.2. The van der Waals surface area contributed by atoms with Crippen molar-refractivity contribution in [3.8, 4) is 0 Å². The van der Waals surface area contributed by atoms with Crippen molar-refractivity contribution in [2.24, 2.45) is 0 Å². The molecule has 20 heavy (non-hydrogen) atoms. The summed E-state index contributed by atoms with van der Waals surface area (Å²) in [5.74, 6) is -0.0366. The Kier molecular flexibility index (Phi) is 6.52. The van der Waals surface area contributed by atoms with Crippen molar-refractivity contribution in [2.75, 3.05) is 24.2 Å². The minimum absolute atomic E-state index is 0.0366. The Labute approximate surface area is 119 Å². The molecular formula is C14H22N4O2. The molecule has 0 aromatic heterocycles. The average Bonchev–Trinajstić information content (AvgIpc) is 2.41. The molecule has 1 aromatic carbocycles. The molecule has 0 aliphatic rings. The zero-order chi connectivity index (χ0) is 15.0. The van der Waals surface area contributed by atoms with E-state index in [4.69, 9.17) is 0 Å². The summed E-state index contributed by atoms with van der Waals surface area (Å²) in [5, 5.41) is 11.1. The van der Waals surface area contributed by atoms with E-state index in [9.17, 15) is 9.59 Å². The Bertz CT molecular complexity index is 445. The van der Waals surface area contributed by atoms with Crippen LogP contribution in [0.1, 0.15) is 20.3 Å². The van der Waals surface area contributed by atoms with Gasteiger partial charge >= 0.3 is 6.03 Å². The van der Waals surface area contributed by atoms with Gasteiger partial charge in [0.25, 0.3) is 0 Å². The van der Waals surface area contributed by atoms with Gasteiger partial charge in [0.15, 0.2) is 0 Å². The summed E-state index contributed by atoms with van der Waals surface area (Å²) < 4.78 is 0. The summed E-state index contributed by atoms with van der Waals surface area (Å²) >= 11 is 0. The van der Waals surface area contributed by atoms with E-state index < -0.39 is 0 Å². The van der Waals surface area contributed by atoms with E-state index in [1.165, 1.54) is 0 Å². The smallest absolute Gasteiger partial charge is 0.318 e. The van der Waals surface area contributed by atoms with Gasteiger partial charge in [0, 0.05) is 30.9 Å². The van der Waals surface area contributed by atoms with E-state index in [0.29, 0.717) is 17.8 Å². The van der Waals surface area contributed by atoms with Crippen molar-refractivity contribution in [2.45, 2.75) is 26.3 Å². The van der Waals surface area contributed by atoms with Crippen molar-refractivity contribution >= 4 is 23.3 Å². The molecule has 1 unspecified atom stereocenters. The number of anilines is 2. The fraction of sp³-hybridized carbons (Fsp3) is 0.429. The number of urea groups is 1. The van der Waals surface area contributed by atoms with Crippen molar-refractivity contribution in [3.63, 3.8) is 0 Å². The van der Waals surface area contributed by atoms with Gasteiger partial charge in [0.05, 0.1) is 0 Å². The molecule has 1 atom stereocenters.